The van der Waals surface area contributed by atoms with Gasteiger partial charge in [-0.25, -0.2) is 0 Å². The summed E-state index contributed by atoms with van der Waals surface area (Å²) in [5.41, 5.74) is 0.210. The maximum Gasteiger partial charge on any atom is 0.0594 e. The van der Waals surface area contributed by atoms with Crippen LogP contribution in [0.15, 0.2) is 0 Å². The minimum Gasteiger partial charge on any atom is -0.377 e. The van der Waals surface area contributed by atoms with Crippen LogP contribution in [-0.4, -0.2) is 24.8 Å². The molecule has 1 saturated carbocycles. The van der Waals surface area contributed by atoms with E-state index < -0.39 is 0 Å². The van der Waals surface area contributed by atoms with Crippen molar-refractivity contribution in [2.24, 2.45) is 5.92 Å². The van der Waals surface area contributed by atoms with Crippen LogP contribution in [0.3, 0.4) is 0 Å². The Morgan fingerprint density at radius 3 is 2.62 bits per heavy atom. The summed E-state index contributed by atoms with van der Waals surface area (Å²) < 4.78 is 5.95. The molecular weight excluding hydrogens is 198 g/mol. The molecule has 0 aromatic carbocycles. The number of nitrogens with one attached hydrogen (secondary N) is 1. The van der Waals surface area contributed by atoms with E-state index in [-0.39, 0.29) is 5.54 Å². The van der Waals surface area contributed by atoms with Crippen LogP contribution in [0.1, 0.15) is 59.8 Å². The van der Waals surface area contributed by atoms with E-state index in [1.165, 1.54) is 32.1 Å². The van der Waals surface area contributed by atoms with Crippen molar-refractivity contribution >= 4 is 0 Å². The van der Waals surface area contributed by atoms with Crippen LogP contribution in [0.4, 0.5) is 0 Å². The van der Waals surface area contributed by atoms with Crippen LogP contribution in [0, 0.1) is 5.92 Å². The molecule has 2 atom stereocenters. The first-order chi connectivity index (χ1) is 7.51. The molecule has 1 aliphatic carbocycles. The third-order valence-corrected chi connectivity index (χ3v) is 3.42. The van der Waals surface area contributed by atoms with Gasteiger partial charge in [-0.1, -0.05) is 26.2 Å². The Balaban J connectivity index is 2.08. The Kier molecular flexibility index (Phi) is 5.77. The Bertz CT molecular complexity index is 186. The van der Waals surface area contributed by atoms with Crippen LogP contribution in [0.5, 0.6) is 0 Å². The van der Waals surface area contributed by atoms with Crippen LogP contribution >= 0.6 is 0 Å². The summed E-state index contributed by atoms with van der Waals surface area (Å²) in [4.78, 5) is 0. The van der Waals surface area contributed by atoms with E-state index in [1.807, 2.05) is 0 Å². The summed E-state index contributed by atoms with van der Waals surface area (Å²) in [6.45, 7) is 10.7. The van der Waals surface area contributed by atoms with E-state index in [4.69, 9.17) is 4.74 Å². The van der Waals surface area contributed by atoms with E-state index in [2.05, 4.69) is 33.0 Å². The van der Waals surface area contributed by atoms with Gasteiger partial charge in [0.1, 0.15) is 0 Å². The van der Waals surface area contributed by atoms with Crippen LogP contribution in [-0.2, 0) is 4.74 Å². The first-order valence-corrected chi connectivity index (χ1v) is 6.88. The smallest absolute Gasteiger partial charge is 0.0594 e. The summed E-state index contributed by atoms with van der Waals surface area (Å²) in [5.74, 6) is 0.911. The van der Waals surface area contributed by atoms with Crippen molar-refractivity contribution in [1.82, 2.24) is 5.32 Å². The molecular formula is C14H29NO. The first kappa shape index (κ1) is 14.0. The molecule has 1 fully saturated rings. The minimum atomic E-state index is 0.210. The zero-order valence-electron chi connectivity index (χ0n) is 11.5. The van der Waals surface area contributed by atoms with Crippen LogP contribution < -0.4 is 5.32 Å². The number of hydrogen-bond donors (Lipinski definition) is 1. The molecule has 2 nitrogen and oxygen atoms in total. The van der Waals surface area contributed by atoms with Crippen LogP contribution in [0.2, 0.25) is 0 Å². The predicted octanol–water partition coefficient (Wildman–Crippen LogP) is 3.36. The lowest BCUT2D eigenvalue weighted by molar-refractivity contribution is 0.0126. The molecule has 0 aromatic rings. The van der Waals surface area contributed by atoms with E-state index in [1.54, 1.807) is 0 Å². The van der Waals surface area contributed by atoms with Crippen molar-refractivity contribution < 1.29 is 4.74 Å². The second-order valence-corrected chi connectivity index (χ2v) is 6.11. The highest BCUT2D eigenvalue weighted by Crippen LogP contribution is 2.28. The molecule has 0 bridgehead atoms. The maximum atomic E-state index is 5.95. The van der Waals surface area contributed by atoms with E-state index in [9.17, 15) is 0 Å². The quantitative estimate of drug-likeness (QED) is 0.727. The van der Waals surface area contributed by atoms with Gasteiger partial charge in [-0.15, -0.1) is 0 Å². The molecule has 0 aliphatic heterocycles. The molecule has 2 heteroatoms. The summed E-state index contributed by atoms with van der Waals surface area (Å²) in [7, 11) is 0. The molecule has 0 heterocycles. The molecule has 2 unspecified atom stereocenters. The third kappa shape index (κ3) is 5.86. The Labute approximate surface area is 101 Å². The molecule has 16 heavy (non-hydrogen) atoms. The zero-order chi connectivity index (χ0) is 12.0. The lowest BCUT2D eigenvalue weighted by Crippen LogP contribution is -2.38. The lowest BCUT2D eigenvalue weighted by Gasteiger charge is -2.29. The second-order valence-electron chi connectivity index (χ2n) is 6.11. The standard InChI is InChI=1S/C14H29NO/c1-5-12-7-6-8-13(11-12)16-10-9-15-14(2,3)4/h12-13,15H,5-11H2,1-4H3. The van der Waals surface area contributed by atoms with Crippen molar-refractivity contribution in [2.75, 3.05) is 13.2 Å². The highest BCUT2D eigenvalue weighted by atomic mass is 16.5. The van der Waals surface area contributed by atoms with E-state index in [0.717, 1.165) is 19.1 Å². The normalized spacial score (nSPS) is 27.0. The predicted molar refractivity (Wildman–Crippen MR) is 69.7 cm³/mol. The molecule has 0 radical (unpaired) electrons. The van der Waals surface area contributed by atoms with Gasteiger partial charge in [0.15, 0.2) is 0 Å². The zero-order valence-corrected chi connectivity index (χ0v) is 11.5. The molecule has 1 rings (SSSR count). The minimum absolute atomic E-state index is 0.210. The van der Waals surface area contributed by atoms with Gasteiger partial charge >= 0.3 is 0 Å². The highest BCUT2D eigenvalue weighted by Gasteiger charge is 2.21. The fraction of sp³-hybridized carbons (Fsp3) is 1.00. The highest BCUT2D eigenvalue weighted by molar-refractivity contribution is 4.73. The van der Waals surface area contributed by atoms with E-state index >= 15 is 0 Å². The van der Waals surface area contributed by atoms with Gasteiger partial charge < -0.3 is 10.1 Å². The molecule has 0 aromatic heterocycles. The fourth-order valence-electron chi connectivity index (χ4n) is 2.42. The van der Waals surface area contributed by atoms with Gasteiger partial charge in [-0.05, 0) is 39.5 Å². The monoisotopic (exact) mass is 227 g/mol. The average molecular weight is 227 g/mol. The Morgan fingerprint density at radius 1 is 1.25 bits per heavy atom. The van der Waals surface area contributed by atoms with Gasteiger partial charge in [-0.3, -0.25) is 0 Å². The molecule has 0 amide bonds. The van der Waals surface area contributed by atoms with Gasteiger partial charge in [-0.2, -0.15) is 0 Å². The van der Waals surface area contributed by atoms with Gasteiger partial charge in [0.2, 0.25) is 0 Å². The van der Waals surface area contributed by atoms with E-state index in [0.29, 0.717) is 6.10 Å². The van der Waals surface area contributed by atoms with Crippen molar-refractivity contribution in [3.8, 4) is 0 Å². The number of hydrogen-bond acceptors (Lipinski definition) is 2. The van der Waals surface area contributed by atoms with Gasteiger partial charge in [0, 0.05) is 12.1 Å². The fourth-order valence-corrected chi connectivity index (χ4v) is 2.42. The van der Waals surface area contributed by atoms with Crippen molar-refractivity contribution in [1.29, 1.82) is 0 Å². The summed E-state index contributed by atoms with van der Waals surface area (Å²) in [6.07, 6.45) is 7.17. The van der Waals surface area contributed by atoms with Crippen molar-refractivity contribution in [3.63, 3.8) is 0 Å². The third-order valence-electron chi connectivity index (χ3n) is 3.42. The van der Waals surface area contributed by atoms with Crippen molar-refractivity contribution in [2.45, 2.75) is 71.4 Å². The first-order valence-electron chi connectivity index (χ1n) is 6.88. The molecule has 96 valence electrons. The number of rotatable bonds is 5. The topological polar surface area (TPSA) is 21.3 Å². The molecule has 1 N–H and O–H groups in total. The average Bonchev–Trinajstić information content (AvgIpc) is 2.23. The molecule has 0 saturated heterocycles. The lowest BCUT2D eigenvalue weighted by atomic mass is 9.85. The van der Waals surface area contributed by atoms with Gasteiger partial charge in [0.25, 0.3) is 0 Å². The van der Waals surface area contributed by atoms with Crippen molar-refractivity contribution in [3.05, 3.63) is 0 Å². The number of ether oxygens (including phenoxy) is 1. The summed E-state index contributed by atoms with van der Waals surface area (Å²) >= 11 is 0. The maximum absolute atomic E-state index is 5.95. The van der Waals surface area contributed by atoms with Crippen LogP contribution in [0.25, 0.3) is 0 Å². The molecule has 1 aliphatic rings. The second kappa shape index (κ2) is 6.61. The SMILES string of the molecule is CCC1CCCC(OCCNC(C)(C)C)C1. The summed E-state index contributed by atoms with van der Waals surface area (Å²) in [5, 5.41) is 3.46. The Hall–Kier alpha value is -0.0800. The van der Waals surface area contributed by atoms with Gasteiger partial charge in [0.05, 0.1) is 12.7 Å². The molecule has 0 spiro atoms. The Morgan fingerprint density at radius 2 is 2.00 bits per heavy atom. The summed E-state index contributed by atoms with van der Waals surface area (Å²) in [6, 6.07) is 0. The largest absolute Gasteiger partial charge is 0.377 e.